The summed E-state index contributed by atoms with van der Waals surface area (Å²) in [5.41, 5.74) is 1.68. The standard InChI is InChI=1S/C23H18FN3O4S/c1-14-10-11-15(12-20(14)27(30)31)22(29)25-18-8-4-2-6-16(18)23-26(21(28)13-32-23)19-9-5-3-7-17(19)24/h2-12,23H,13H2,1H3,(H,25,29)/t23-/m0/s1. The van der Waals surface area contributed by atoms with Gasteiger partial charge >= 0.3 is 0 Å². The summed E-state index contributed by atoms with van der Waals surface area (Å²) in [6, 6.07) is 17.2. The second kappa shape index (κ2) is 8.80. The van der Waals surface area contributed by atoms with E-state index in [2.05, 4.69) is 5.32 Å². The highest BCUT2D eigenvalue weighted by molar-refractivity contribution is 8.00. The number of aryl methyl sites for hydroxylation is 1. The minimum absolute atomic E-state index is 0.137. The van der Waals surface area contributed by atoms with Gasteiger partial charge < -0.3 is 5.32 Å². The highest BCUT2D eigenvalue weighted by Crippen LogP contribution is 2.44. The fraction of sp³-hybridized carbons (Fsp3) is 0.130. The number of nitrogens with zero attached hydrogens (tertiary/aromatic N) is 2. The smallest absolute Gasteiger partial charge is 0.273 e. The lowest BCUT2D eigenvalue weighted by molar-refractivity contribution is -0.385. The molecule has 0 bridgehead atoms. The Balaban J connectivity index is 1.67. The predicted octanol–water partition coefficient (Wildman–Crippen LogP) is 5.07. The number of benzene rings is 3. The van der Waals surface area contributed by atoms with E-state index in [1.807, 2.05) is 0 Å². The van der Waals surface area contributed by atoms with Gasteiger partial charge in [-0.3, -0.25) is 24.6 Å². The normalized spacial score (nSPS) is 15.6. The first-order valence-electron chi connectivity index (χ1n) is 9.70. The molecule has 1 aliphatic heterocycles. The molecule has 0 saturated carbocycles. The number of carbonyl (C=O) groups is 2. The van der Waals surface area contributed by atoms with Gasteiger partial charge in [-0.05, 0) is 31.2 Å². The van der Waals surface area contributed by atoms with Crippen LogP contribution < -0.4 is 10.2 Å². The average molecular weight is 451 g/mol. The second-order valence-corrected chi connectivity index (χ2v) is 8.25. The summed E-state index contributed by atoms with van der Waals surface area (Å²) in [6.07, 6.45) is 0. The van der Waals surface area contributed by atoms with E-state index in [1.54, 1.807) is 49.4 Å². The van der Waals surface area contributed by atoms with E-state index in [-0.39, 0.29) is 28.6 Å². The lowest BCUT2D eigenvalue weighted by Gasteiger charge is -2.26. The molecular formula is C23H18FN3O4S. The van der Waals surface area contributed by atoms with Crippen LogP contribution in [-0.2, 0) is 4.79 Å². The molecule has 32 heavy (non-hydrogen) atoms. The van der Waals surface area contributed by atoms with Crippen LogP contribution in [0.2, 0.25) is 0 Å². The zero-order chi connectivity index (χ0) is 22.8. The Labute approximate surface area is 187 Å². The molecule has 1 heterocycles. The molecule has 9 heteroatoms. The number of para-hydroxylation sites is 2. The van der Waals surface area contributed by atoms with Gasteiger partial charge in [-0.25, -0.2) is 4.39 Å². The third-order valence-corrected chi connectivity index (χ3v) is 6.32. The molecule has 1 atom stereocenters. The maximum atomic E-state index is 14.4. The van der Waals surface area contributed by atoms with Crippen molar-refractivity contribution in [2.45, 2.75) is 12.3 Å². The van der Waals surface area contributed by atoms with E-state index in [9.17, 15) is 24.1 Å². The molecule has 3 aromatic rings. The van der Waals surface area contributed by atoms with E-state index >= 15 is 0 Å². The zero-order valence-electron chi connectivity index (χ0n) is 16.9. The third-order valence-electron chi connectivity index (χ3n) is 5.12. The van der Waals surface area contributed by atoms with Crippen molar-refractivity contribution in [1.29, 1.82) is 0 Å². The number of hydrogen-bond donors (Lipinski definition) is 1. The summed E-state index contributed by atoms with van der Waals surface area (Å²) >= 11 is 1.33. The predicted molar refractivity (Wildman–Crippen MR) is 121 cm³/mol. The van der Waals surface area contributed by atoms with Crippen LogP contribution in [0.5, 0.6) is 0 Å². The average Bonchev–Trinajstić information content (AvgIpc) is 3.15. The van der Waals surface area contributed by atoms with Crippen molar-refractivity contribution in [3.05, 3.63) is 99.4 Å². The van der Waals surface area contributed by atoms with Gasteiger partial charge in [0.1, 0.15) is 11.2 Å². The number of nitrogens with one attached hydrogen (secondary N) is 1. The van der Waals surface area contributed by atoms with Crippen molar-refractivity contribution < 1.29 is 18.9 Å². The van der Waals surface area contributed by atoms with E-state index in [4.69, 9.17) is 0 Å². The van der Waals surface area contributed by atoms with Gasteiger partial charge in [-0.15, -0.1) is 11.8 Å². The number of thioether (sulfide) groups is 1. The molecule has 1 fully saturated rings. The number of nitro benzene ring substituents is 1. The molecule has 3 aromatic carbocycles. The van der Waals surface area contributed by atoms with Crippen molar-refractivity contribution in [2.24, 2.45) is 0 Å². The summed E-state index contributed by atoms with van der Waals surface area (Å²) in [6.45, 7) is 1.60. The number of amides is 2. The molecule has 0 unspecified atom stereocenters. The minimum atomic E-state index is -0.539. The minimum Gasteiger partial charge on any atom is -0.322 e. The first-order chi connectivity index (χ1) is 15.4. The Morgan fingerprint density at radius 1 is 1.16 bits per heavy atom. The van der Waals surface area contributed by atoms with Gasteiger partial charge in [0.15, 0.2) is 0 Å². The number of carbonyl (C=O) groups excluding carboxylic acids is 2. The summed E-state index contributed by atoms with van der Waals surface area (Å²) in [7, 11) is 0. The fourth-order valence-electron chi connectivity index (χ4n) is 3.53. The highest BCUT2D eigenvalue weighted by Gasteiger charge is 2.36. The van der Waals surface area contributed by atoms with Gasteiger partial charge in [-0.1, -0.05) is 36.4 Å². The molecule has 0 aromatic heterocycles. The Hall–Kier alpha value is -3.72. The number of hydrogen-bond acceptors (Lipinski definition) is 5. The van der Waals surface area contributed by atoms with Gasteiger partial charge in [-0.2, -0.15) is 0 Å². The van der Waals surface area contributed by atoms with Crippen molar-refractivity contribution in [2.75, 3.05) is 16.0 Å². The molecule has 0 spiro atoms. The monoisotopic (exact) mass is 451 g/mol. The molecule has 7 nitrogen and oxygen atoms in total. The molecule has 1 aliphatic rings. The molecule has 1 saturated heterocycles. The van der Waals surface area contributed by atoms with Crippen LogP contribution >= 0.6 is 11.8 Å². The van der Waals surface area contributed by atoms with Crippen LogP contribution in [0.1, 0.15) is 26.9 Å². The molecule has 4 rings (SSSR count). The molecule has 0 radical (unpaired) electrons. The lowest BCUT2D eigenvalue weighted by Crippen LogP contribution is -2.29. The van der Waals surface area contributed by atoms with Crippen LogP contribution in [-0.4, -0.2) is 22.5 Å². The molecular weight excluding hydrogens is 433 g/mol. The lowest BCUT2D eigenvalue weighted by atomic mass is 10.1. The summed E-state index contributed by atoms with van der Waals surface area (Å²) in [5, 5.41) is 13.5. The Bertz CT molecular complexity index is 1230. The first kappa shape index (κ1) is 21.5. The van der Waals surface area contributed by atoms with E-state index < -0.39 is 22.0 Å². The van der Waals surface area contributed by atoms with Gasteiger partial charge in [0.25, 0.3) is 11.6 Å². The quantitative estimate of drug-likeness (QED) is 0.432. The summed E-state index contributed by atoms with van der Waals surface area (Å²) in [4.78, 5) is 37.5. The van der Waals surface area contributed by atoms with E-state index in [0.29, 0.717) is 16.8 Å². The molecule has 1 N–H and O–H groups in total. The maximum absolute atomic E-state index is 14.4. The zero-order valence-corrected chi connectivity index (χ0v) is 17.8. The van der Waals surface area contributed by atoms with Gasteiger partial charge in [0.05, 0.1) is 16.4 Å². The first-order valence-corrected chi connectivity index (χ1v) is 10.7. The molecule has 162 valence electrons. The largest absolute Gasteiger partial charge is 0.322 e. The van der Waals surface area contributed by atoms with Crippen molar-refractivity contribution in [1.82, 2.24) is 0 Å². The molecule has 0 aliphatic carbocycles. The van der Waals surface area contributed by atoms with E-state index in [0.717, 1.165) is 0 Å². The van der Waals surface area contributed by atoms with Gasteiger partial charge in [0.2, 0.25) is 5.91 Å². The maximum Gasteiger partial charge on any atom is 0.273 e. The van der Waals surface area contributed by atoms with Gasteiger partial charge in [0, 0.05) is 28.4 Å². The van der Waals surface area contributed by atoms with Crippen molar-refractivity contribution >= 4 is 40.6 Å². The van der Waals surface area contributed by atoms with Crippen molar-refractivity contribution in [3.8, 4) is 0 Å². The topological polar surface area (TPSA) is 92.6 Å². The number of rotatable bonds is 5. The number of anilines is 2. The van der Waals surface area contributed by atoms with Crippen LogP contribution in [0, 0.1) is 22.9 Å². The SMILES string of the molecule is Cc1ccc(C(=O)Nc2ccccc2[C@@H]2SCC(=O)N2c2ccccc2F)cc1[N+](=O)[O-]. The molecule has 2 amide bonds. The van der Waals surface area contributed by atoms with Crippen LogP contribution in [0.4, 0.5) is 21.5 Å². The van der Waals surface area contributed by atoms with Crippen LogP contribution in [0.15, 0.2) is 66.7 Å². The number of nitro groups is 1. The Morgan fingerprint density at radius 2 is 1.88 bits per heavy atom. The highest BCUT2D eigenvalue weighted by atomic mass is 32.2. The van der Waals surface area contributed by atoms with Crippen molar-refractivity contribution in [3.63, 3.8) is 0 Å². The Kier molecular flexibility index (Phi) is 5.91. The summed E-state index contributed by atoms with van der Waals surface area (Å²) in [5.74, 6) is -1.10. The third kappa shape index (κ3) is 4.06. The van der Waals surface area contributed by atoms with E-state index in [1.165, 1.54) is 40.9 Å². The van der Waals surface area contributed by atoms with Crippen LogP contribution in [0.25, 0.3) is 0 Å². The number of halogens is 1. The summed E-state index contributed by atoms with van der Waals surface area (Å²) < 4.78 is 14.4. The fourth-order valence-corrected chi connectivity index (χ4v) is 4.73. The van der Waals surface area contributed by atoms with Crippen LogP contribution in [0.3, 0.4) is 0 Å². The Morgan fingerprint density at radius 3 is 2.62 bits per heavy atom. The second-order valence-electron chi connectivity index (χ2n) is 7.18.